The molecule has 0 aliphatic heterocycles. The molecule has 1 fully saturated rings. The molecule has 0 bridgehead atoms. The van der Waals surface area contributed by atoms with Crippen LogP contribution in [-0.4, -0.2) is 75.8 Å². The first kappa shape index (κ1) is 16.9. The van der Waals surface area contributed by atoms with Gasteiger partial charge < -0.3 is 19.9 Å². The standard InChI is InChI=1S/C14H30N2O3/c1-15-14(12-17)6-4-5-13(11-14)16(7-9-18-2)8-10-19-3/h13,15,17H,4-12H2,1-3H3. The van der Waals surface area contributed by atoms with Crippen LogP contribution in [0.25, 0.3) is 0 Å². The maximum absolute atomic E-state index is 9.66. The normalized spacial score (nSPS) is 27.9. The predicted octanol–water partition coefficient (Wildman–Crippen LogP) is 0.474. The van der Waals surface area contributed by atoms with Gasteiger partial charge in [-0.05, 0) is 32.7 Å². The van der Waals surface area contributed by atoms with Crippen molar-refractivity contribution >= 4 is 0 Å². The predicted molar refractivity (Wildman–Crippen MR) is 76.5 cm³/mol. The maximum Gasteiger partial charge on any atom is 0.0613 e. The van der Waals surface area contributed by atoms with Gasteiger partial charge in [-0.15, -0.1) is 0 Å². The van der Waals surface area contributed by atoms with Gasteiger partial charge in [-0.3, -0.25) is 4.90 Å². The van der Waals surface area contributed by atoms with E-state index in [4.69, 9.17) is 9.47 Å². The van der Waals surface area contributed by atoms with Crippen LogP contribution < -0.4 is 5.32 Å². The molecule has 114 valence electrons. The molecule has 2 atom stereocenters. The molecule has 0 aromatic rings. The van der Waals surface area contributed by atoms with Gasteiger partial charge in [0.25, 0.3) is 0 Å². The van der Waals surface area contributed by atoms with Crippen LogP contribution in [0.15, 0.2) is 0 Å². The maximum atomic E-state index is 9.66. The van der Waals surface area contributed by atoms with Crippen LogP contribution in [0.1, 0.15) is 25.7 Å². The summed E-state index contributed by atoms with van der Waals surface area (Å²) in [5, 5.41) is 13.0. The van der Waals surface area contributed by atoms with Crippen molar-refractivity contribution in [2.75, 3.05) is 54.2 Å². The fourth-order valence-electron chi connectivity index (χ4n) is 2.99. The molecule has 0 amide bonds. The van der Waals surface area contributed by atoms with Gasteiger partial charge in [-0.25, -0.2) is 0 Å². The molecule has 1 saturated carbocycles. The average molecular weight is 274 g/mol. The van der Waals surface area contributed by atoms with Gasteiger partial charge in [0.1, 0.15) is 0 Å². The third-order valence-corrected chi connectivity index (χ3v) is 4.33. The Kier molecular flexibility index (Phi) is 7.87. The van der Waals surface area contributed by atoms with Crippen LogP contribution in [-0.2, 0) is 9.47 Å². The summed E-state index contributed by atoms with van der Waals surface area (Å²) < 4.78 is 10.4. The number of aliphatic hydroxyl groups excluding tert-OH is 1. The van der Waals surface area contributed by atoms with Gasteiger partial charge in [0.2, 0.25) is 0 Å². The summed E-state index contributed by atoms with van der Waals surface area (Å²) in [6.07, 6.45) is 4.39. The van der Waals surface area contributed by atoms with E-state index >= 15 is 0 Å². The Morgan fingerprint density at radius 3 is 2.37 bits per heavy atom. The molecule has 0 radical (unpaired) electrons. The van der Waals surface area contributed by atoms with Crippen LogP contribution in [0.3, 0.4) is 0 Å². The van der Waals surface area contributed by atoms with Crippen LogP contribution in [0.4, 0.5) is 0 Å². The summed E-state index contributed by atoms with van der Waals surface area (Å²) >= 11 is 0. The molecule has 19 heavy (non-hydrogen) atoms. The first-order chi connectivity index (χ1) is 9.21. The van der Waals surface area contributed by atoms with Gasteiger partial charge in [0.05, 0.1) is 19.8 Å². The molecule has 1 aliphatic rings. The lowest BCUT2D eigenvalue weighted by Gasteiger charge is -2.44. The number of nitrogens with one attached hydrogen (secondary N) is 1. The average Bonchev–Trinajstić information content (AvgIpc) is 2.47. The van der Waals surface area contributed by atoms with Crippen molar-refractivity contribution in [2.24, 2.45) is 0 Å². The molecule has 1 rings (SSSR count). The highest BCUT2D eigenvalue weighted by Gasteiger charge is 2.36. The summed E-state index contributed by atoms with van der Waals surface area (Å²) in [5.41, 5.74) is -0.110. The molecule has 5 nitrogen and oxygen atoms in total. The lowest BCUT2D eigenvalue weighted by Crippen LogP contribution is -2.55. The molecular weight excluding hydrogens is 244 g/mol. The van der Waals surface area contributed by atoms with E-state index in [9.17, 15) is 5.11 Å². The van der Waals surface area contributed by atoms with Crippen molar-refractivity contribution in [3.05, 3.63) is 0 Å². The van der Waals surface area contributed by atoms with Gasteiger partial charge >= 0.3 is 0 Å². The molecule has 1 aliphatic carbocycles. The van der Waals surface area contributed by atoms with Crippen molar-refractivity contribution in [1.82, 2.24) is 10.2 Å². The van der Waals surface area contributed by atoms with Gasteiger partial charge in [0, 0.05) is 38.9 Å². The minimum Gasteiger partial charge on any atom is -0.394 e. The monoisotopic (exact) mass is 274 g/mol. The molecule has 0 aromatic heterocycles. The van der Waals surface area contributed by atoms with E-state index in [-0.39, 0.29) is 12.1 Å². The molecule has 0 heterocycles. The number of ether oxygens (including phenoxy) is 2. The molecule has 5 heteroatoms. The summed E-state index contributed by atoms with van der Waals surface area (Å²) in [7, 11) is 5.43. The van der Waals surface area contributed by atoms with Crippen LogP contribution >= 0.6 is 0 Å². The fourth-order valence-corrected chi connectivity index (χ4v) is 2.99. The second-order valence-corrected chi connectivity index (χ2v) is 5.46. The Labute approximate surface area is 117 Å². The minimum absolute atomic E-state index is 0.110. The number of hydrogen-bond donors (Lipinski definition) is 2. The van der Waals surface area contributed by atoms with Crippen molar-refractivity contribution in [2.45, 2.75) is 37.3 Å². The summed E-state index contributed by atoms with van der Waals surface area (Å²) in [5.74, 6) is 0. The molecule has 2 N–H and O–H groups in total. The number of rotatable bonds is 9. The Morgan fingerprint density at radius 1 is 1.26 bits per heavy atom. The topological polar surface area (TPSA) is 54.0 Å². The fraction of sp³-hybridized carbons (Fsp3) is 1.00. The molecule has 0 saturated heterocycles. The zero-order valence-corrected chi connectivity index (χ0v) is 12.7. The zero-order valence-electron chi connectivity index (χ0n) is 12.7. The minimum atomic E-state index is -0.110. The molecule has 2 unspecified atom stereocenters. The smallest absolute Gasteiger partial charge is 0.0613 e. The summed E-state index contributed by atoms with van der Waals surface area (Å²) in [6.45, 7) is 3.55. The quantitative estimate of drug-likeness (QED) is 0.640. The second kappa shape index (κ2) is 8.87. The Morgan fingerprint density at radius 2 is 1.89 bits per heavy atom. The van der Waals surface area contributed by atoms with Gasteiger partial charge in [-0.2, -0.15) is 0 Å². The van der Waals surface area contributed by atoms with Crippen molar-refractivity contribution < 1.29 is 14.6 Å². The number of methoxy groups -OCH3 is 2. The van der Waals surface area contributed by atoms with Gasteiger partial charge in [-0.1, -0.05) is 0 Å². The van der Waals surface area contributed by atoms with E-state index in [1.807, 2.05) is 7.05 Å². The molecule has 0 aromatic carbocycles. The van der Waals surface area contributed by atoms with E-state index in [2.05, 4.69) is 10.2 Å². The van der Waals surface area contributed by atoms with E-state index < -0.39 is 0 Å². The number of hydrogen-bond acceptors (Lipinski definition) is 5. The highest BCUT2D eigenvalue weighted by atomic mass is 16.5. The first-order valence-corrected chi connectivity index (χ1v) is 7.23. The largest absolute Gasteiger partial charge is 0.394 e. The summed E-state index contributed by atoms with van der Waals surface area (Å²) in [4.78, 5) is 2.44. The van der Waals surface area contributed by atoms with E-state index in [0.717, 1.165) is 45.6 Å². The van der Waals surface area contributed by atoms with Crippen molar-refractivity contribution in [3.8, 4) is 0 Å². The zero-order chi connectivity index (χ0) is 14.1. The Hall–Kier alpha value is -0.200. The Balaban J connectivity index is 2.60. The number of aliphatic hydroxyl groups is 1. The highest BCUT2D eigenvalue weighted by molar-refractivity contribution is 4.95. The summed E-state index contributed by atoms with van der Waals surface area (Å²) in [6, 6.07) is 0.499. The van der Waals surface area contributed by atoms with Crippen molar-refractivity contribution in [1.29, 1.82) is 0 Å². The number of nitrogens with zero attached hydrogens (tertiary/aromatic N) is 1. The lowest BCUT2D eigenvalue weighted by atomic mass is 9.79. The lowest BCUT2D eigenvalue weighted by molar-refractivity contribution is 0.0357. The van der Waals surface area contributed by atoms with Crippen LogP contribution in [0, 0.1) is 0 Å². The van der Waals surface area contributed by atoms with Crippen LogP contribution in [0.5, 0.6) is 0 Å². The highest BCUT2D eigenvalue weighted by Crippen LogP contribution is 2.30. The Bertz CT molecular complexity index is 227. The first-order valence-electron chi connectivity index (χ1n) is 7.23. The van der Waals surface area contributed by atoms with Crippen molar-refractivity contribution in [3.63, 3.8) is 0 Å². The number of likely N-dealkylation sites (N-methyl/N-ethyl adjacent to an activating group) is 1. The van der Waals surface area contributed by atoms with Crippen LogP contribution in [0.2, 0.25) is 0 Å². The van der Waals surface area contributed by atoms with E-state index in [1.165, 1.54) is 6.42 Å². The third-order valence-electron chi connectivity index (χ3n) is 4.33. The third kappa shape index (κ3) is 5.00. The SMILES string of the molecule is CNC1(CO)CCCC(N(CCOC)CCOC)C1. The molecule has 0 spiro atoms. The van der Waals surface area contributed by atoms with E-state index in [0.29, 0.717) is 6.04 Å². The second-order valence-electron chi connectivity index (χ2n) is 5.46. The van der Waals surface area contributed by atoms with Gasteiger partial charge in [0.15, 0.2) is 0 Å². The van der Waals surface area contributed by atoms with E-state index in [1.54, 1.807) is 14.2 Å². The molecular formula is C14H30N2O3.